The highest BCUT2D eigenvalue weighted by Gasteiger charge is 2.37. The monoisotopic (exact) mass is 1150 g/mol. The Hall–Kier alpha value is -6.85. The van der Waals surface area contributed by atoms with Crippen LogP contribution in [-0.4, -0.2) is 181 Å². The molecule has 0 aliphatic carbocycles. The number of amides is 11. The highest BCUT2D eigenvalue weighted by atomic mass is 16.3. The molecule has 1 aromatic rings. The lowest BCUT2D eigenvalue weighted by molar-refractivity contribution is -0.137. The molecule has 1 aliphatic heterocycles. The van der Waals surface area contributed by atoms with Gasteiger partial charge in [-0.15, -0.1) is 0 Å². The second-order valence-electron chi connectivity index (χ2n) is 20.6. The van der Waals surface area contributed by atoms with Crippen LogP contribution in [0.4, 0.5) is 0 Å². The summed E-state index contributed by atoms with van der Waals surface area (Å²) < 4.78 is 0. The number of nitrogens with one attached hydrogen (secondary N) is 11. The molecule has 0 saturated carbocycles. The van der Waals surface area contributed by atoms with Gasteiger partial charge in [-0.05, 0) is 96.5 Å². The van der Waals surface area contributed by atoms with Gasteiger partial charge in [0.15, 0.2) is 0 Å². The molecule has 0 aromatic heterocycles. The van der Waals surface area contributed by atoms with E-state index in [1.165, 1.54) is 6.92 Å². The topological polar surface area (TPSA) is 465 Å². The maximum atomic E-state index is 14.4. The Kier molecular flexibility index (Phi) is 32.9. The molecule has 1 heterocycles. The van der Waals surface area contributed by atoms with Crippen molar-refractivity contribution in [2.24, 2.45) is 28.9 Å². The minimum absolute atomic E-state index is 0.0469. The molecule has 21 N–H and O–H groups in total. The van der Waals surface area contributed by atoms with E-state index in [1.807, 2.05) is 0 Å². The molecule has 0 radical (unpaired) electrons. The summed E-state index contributed by atoms with van der Waals surface area (Å²) >= 11 is 0. The summed E-state index contributed by atoms with van der Waals surface area (Å²) in [5, 5.41) is 49.4. The SMILES string of the molecule is CCCCCCCC(=O)NCC(=O)N[C@@H](CCN)C(=O)N[C@H](C(=O)N[C@H]1CCNC(=O)[C@H]([C@@H](C)O)NC(=O)[C@H](CCN)NC(=O)[C@H](CCN)NC(=O)[C@H](CC(C)C)NC(=O)[C@@H](Cc2ccccc2)NC(=O)[C@H](CCN)NC1=O)[C@@H](C)O. The van der Waals surface area contributed by atoms with Crippen LogP contribution in [0.2, 0.25) is 0 Å². The van der Waals surface area contributed by atoms with Gasteiger partial charge in [-0.3, -0.25) is 52.7 Å². The van der Waals surface area contributed by atoms with Gasteiger partial charge < -0.3 is 91.6 Å². The van der Waals surface area contributed by atoms with Crippen molar-refractivity contribution in [3.05, 3.63) is 35.9 Å². The summed E-state index contributed by atoms with van der Waals surface area (Å²) in [6, 6.07) is -4.99. The van der Waals surface area contributed by atoms with Gasteiger partial charge in [0.1, 0.15) is 54.4 Å². The largest absolute Gasteiger partial charge is 0.391 e. The lowest BCUT2D eigenvalue weighted by atomic mass is 10.00. The highest BCUT2D eigenvalue weighted by molar-refractivity contribution is 5.99. The first-order valence-electron chi connectivity index (χ1n) is 28.0. The van der Waals surface area contributed by atoms with Crippen LogP contribution in [0.3, 0.4) is 0 Å². The van der Waals surface area contributed by atoms with Crippen LogP contribution < -0.4 is 81.4 Å². The number of aliphatic hydroxyl groups excluding tert-OH is 2. The van der Waals surface area contributed by atoms with Gasteiger partial charge >= 0.3 is 0 Å². The van der Waals surface area contributed by atoms with Crippen LogP contribution in [0.25, 0.3) is 0 Å². The zero-order valence-electron chi connectivity index (χ0n) is 47.4. The molecular formula is C53H91N15O13. The van der Waals surface area contributed by atoms with E-state index in [-0.39, 0.29) is 82.9 Å². The van der Waals surface area contributed by atoms with Crippen molar-refractivity contribution < 1.29 is 63.0 Å². The Balaban J connectivity index is 2.65. The van der Waals surface area contributed by atoms with Crippen LogP contribution in [-0.2, 0) is 59.2 Å². The Bertz CT molecular complexity index is 2210. The first-order chi connectivity index (χ1) is 38.5. The van der Waals surface area contributed by atoms with E-state index >= 15 is 0 Å². The third-order valence-electron chi connectivity index (χ3n) is 13.1. The number of hydrogen-bond donors (Lipinski definition) is 17. The van der Waals surface area contributed by atoms with E-state index in [1.54, 1.807) is 44.2 Å². The van der Waals surface area contributed by atoms with Gasteiger partial charge in [0.25, 0.3) is 0 Å². The zero-order chi connectivity index (χ0) is 60.6. The minimum atomic E-state index is -1.81. The standard InChI is InChI=1S/C53H91N15O13/c1-6-7-8-9-13-16-41(71)59-29-42(72)60-34(17-22-54)48(76)68-44(32(5)70)53(81)64-38-21-26-58-52(80)43(31(4)69)67-49(77)37(20-25-57)62-45(73)35(18-23-55)63-50(78)39(27-30(2)3)65-51(79)40(28-33-14-11-10-12-15-33)66-46(74)36(19-24-56)61-47(38)75/h10-12,14-15,30-32,34-40,43-44,69-70H,6-9,13,16-29,54-57H2,1-5H3,(H,58,80)(H,59,71)(H,60,72)(H,61,75)(H,62,73)(H,63,78)(H,64,81)(H,65,79)(H,66,74)(H,67,77)(H,68,76)/t31-,32-,34+,35+,36+,37+,38+,39+,40-,43+,44+/m1/s1. The average Bonchev–Trinajstić information content (AvgIpc) is 3.41. The number of aliphatic hydroxyl groups is 2. The number of unbranched alkanes of at least 4 members (excludes halogenated alkanes) is 4. The summed E-state index contributed by atoms with van der Waals surface area (Å²) in [4.78, 5) is 152. The minimum Gasteiger partial charge on any atom is -0.391 e. The molecule has 456 valence electrons. The normalized spacial score (nSPS) is 22.6. The second kappa shape index (κ2) is 38.0. The third kappa shape index (κ3) is 26.1. The van der Waals surface area contributed by atoms with Gasteiger partial charge in [0.05, 0.1) is 18.8 Å². The summed E-state index contributed by atoms with van der Waals surface area (Å²) in [5.74, 6) is -9.85. The molecule has 0 bridgehead atoms. The van der Waals surface area contributed by atoms with Crippen molar-refractivity contribution in [3.8, 4) is 0 Å². The Morgan fingerprint density at radius 1 is 0.605 bits per heavy atom. The second-order valence-corrected chi connectivity index (χ2v) is 20.6. The molecular weight excluding hydrogens is 1050 g/mol. The molecule has 28 heteroatoms. The summed E-state index contributed by atoms with van der Waals surface area (Å²) in [7, 11) is 0. The molecule has 11 atom stereocenters. The first-order valence-corrected chi connectivity index (χ1v) is 28.0. The van der Waals surface area contributed by atoms with Crippen LogP contribution in [0.1, 0.15) is 117 Å². The predicted molar refractivity (Wildman–Crippen MR) is 299 cm³/mol. The van der Waals surface area contributed by atoms with Crippen molar-refractivity contribution in [1.82, 2.24) is 58.5 Å². The maximum absolute atomic E-state index is 14.4. The van der Waals surface area contributed by atoms with E-state index in [0.29, 0.717) is 12.0 Å². The van der Waals surface area contributed by atoms with Crippen LogP contribution in [0, 0.1) is 5.92 Å². The molecule has 11 amide bonds. The van der Waals surface area contributed by atoms with Gasteiger partial charge in [0.2, 0.25) is 65.0 Å². The van der Waals surface area contributed by atoms with E-state index in [9.17, 15) is 63.0 Å². The molecule has 28 nitrogen and oxygen atoms in total. The van der Waals surface area contributed by atoms with Gasteiger partial charge in [-0.25, -0.2) is 0 Å². The molecule has 81 heavy (non-hydrogen) atoms. The van der Waals surface area contributed by atoms with Crippen molar-refractivity contribution in [2.75, 3.05) is 39.3 Å². The quantitative estimate of drug-likeness (QED) is 0.0366. The molecule has 1 aromatic carbocycles. The van der Waals surface area contributed by atoms with Gasteiger partial charge in [-0.1, -0.05) is 76.8 Å². The van der Waals surface area contributed by atoms with Crippen LogP contribution in [0.5, 0.6) is 0 Å². The molecule has 1 fully saturated rings. The molecule has 1 aliphatic rings. The fraction of sp³-hybridized carbons (Fsp3) is 0.679. The lowest BCUT2D eigenvalue weighted by Gasteiger charge is -2.29. The number of carbonyl (C=O) groups excluding carboxylic acids is 11. The van der Waals surface area contributed by atoms with E-state index in [2.05, 4.69) is 65.4 Å². The highest BCUT2D eigenvalue weighted by Crippen LogP contribution is 2.12. The summed E-state index contributed by atoms with van der Waals surface area (Å²) in [6.45, 7) is 6.48. The number of nitrogens with two attached hydrogens (primary N) is 4. The smallest absolute Gasteiger partial charge is 0.245 e. The summed E-state index contributed by atoms with van der Waals surface area (Å²) in [6.07, 6.45) is 0.276. The average molecular weight is 1150 g/mol. The Morgan fingerprint density at radius 2 is 1.12 bits per heavy atom. The van der Waals surface area contributed by atoms with Crippen molar-refractivity contribution >= 4 is 65.0 Å². The Morgan fingerprint density at radius 3 is 1.65 bits per heavy atom. The summed E-state index contributed by atoms with van der Waals surface area (Å²) in [5.41, 5.74) is 24.0. The zero-order valence-corrected chi connectivity index (χ0v) is 47.4. The fourth-order valence-electron chi connectivity index (χ4n) is 8.57. The van der Waals surface area contributed by atoms with Crippen molar-refractivity contribution in [3.63, 3.8) is 0 Å². The predicted octanol–water partition coefficient (Wildman–Crippen LogP) is -5.21. The number of carbonyl (C=O) groups is 11. The Labute approximate surface area is 473 Å². The number of benzene rings is 1. The van der Waals surface area contributed by atoms with Crippen LogP contribution in [0.15, 0.2) is 30.3 Å². The van der Waals surface area contributed by atoms with Gasteiger partial charge in [0, 0.05) is 19.4 Å². The van der Waals surface area contributed by atoms with Crippen molar-refractivity contribution in [2.45, 2.75) is 185 Å². The van der Waals surface area contributed by atoms with E-state index in [0.717, 1.165) is 32.6 Å². The molecule has 2 rings (SSSR count). The van der Waals surface area contributed by atoms with Crippen LogP contribution >= 0.6 is 0 Å². The first kappa shape index (κ1) is 70.3. The lowest BCUT2D eigenvalue weighted by Crippen LogP contribution is -2.62. The molecule has 0 unspecified atom stereocenters. The third-order valence-corrected chi connectivity index (χ3v) is 13.1. The van der Waals surface area contributed by atoms with E-state index < -0.39 is 145 Å². The fourth-order valence-corrected chi connectivity index (χ4v) is 8.57. The molecule has 1 saturated heterocycles. The van der Waals surface area contributed by atoms with Crippen molar-refractivity contribution in [1.29, 1.82) is 0 Å². The van der Waals surface area contributed by atoms with Gasteiger partial charge in [-0.2, -0.15) is 0 Å². The number of rotatable bonds is 27. The number of hydrogen-bond acceptors (Lipinski definition) is 17. The van der Waals surface area contributed by atoms with E-state index in [4.69, 9.17) is 22.9 Å². The maximum Gasteiger partial charge on any atom is 0.245 e. The molecule has 0 spiro atoms.